The fourth-order valence-electron chi connectivity index (χ4n) is 4.46. The van der Waals surface area contributed by atoms with Gasteiger partial charge in [0.2, 0.25) is 5.91 Å². The van der Waals surface area contributed by atoms with Crippen LogP contribution in [0.5, 0.6) is 5.75 Å². The summed E-state index contributed by atoms with van der Waals surface area (Å²) in [5.41, 5.74) is 14.4. The molecule has 4 aromatic rings. The Labute approximate surface area is 237 Å². The number of carbonyl (C=O) groups excluding carboxylic acids is 2. The highest BCUT2D eigenvalue weighted by molar-refractivity contribution is 5.94. The molecular weight excluding hydrogens is 531 g/mol. The van der Waals surface area contributed by atoms with E-state index >= 15 is 4.39 Å². The van der Waals surface area contributed by atoms with Crippen molar-refractivity contribution in [3.63, 3.8) is 0 Å². The number of furan rings is 1. The summed E-state index contributed by atoms with van der Waals surface area (Å²) in [6.45, 7) is 1.04. The van der Waals surface area contributed by atoms with Crippen LogP contribution in [0, 0.1) is 5.82 Å². The number of carbonyl (C=O) groups is 2. The van der Waals surface area contributed by atoms with E-state index in [2.05, 4.69) is 0 Å². The summed E-state index contributed by atoms with van der Waals surface area (Å²) in [6.07, 6.45) is 0.511. The molecule has 216 valence electrons. The highest BCUT2D eigenvalue weighted by atomic mass is 19.1. The van der Waals surface area contributed by atoms with Crippen LogP contribution >= 0.6 is 0 Å². The lowest BCUT2D eigenvalue weighted by Crippen LogP contribution is -2.14. The quantitative estimate of drug-likeness (QED) is 0.167. The third-order valence-corrected chi connectivity index (χ3v) is 6.44. The molecule has 0 unspecified atom stereocenters. The zero-order valence-electron chi connectivity index (χ0n) is 23.0. The summed E-state index contributed by atoms with van der Waals surface area (Å²) in [7, 11) is 3.14. The van der Waals surface area contributed by atoms with E-state index in [0.717, 1.165) is 5.39 Å². The second-order valence-electron chi connectivity index (χ2n) is 9.41. The minimum atomic E-state index is -0.633. The largest absolute Gasteiger partial charge is 0.489 e. The van der Waals surface area contributed by atoms with E-state index in [0.29, 0.717) is 57.9 Å². The summed E-state index contributed by atoms with van der Waals surface area (Å²) in [4.78, 5) is 24.3. The number of hydrogen-bond donors (Lipinski definition) is 2. The van der Waals surface area contributed by atoms with E-state index in [9.17, 15) is 9.59 Å². The molecule has 0 spiro atoms. The Hall–Kier alpha value is -4.25. The van der Waals surface area contributed by atoms with E-state index in [-0.39, 0.29) is 38.3 Å². The highest BCUT2D eigenvalue weighted by Gasteiger charge is 2.18. The Morgan fingerprint density at radius 3 is 2.49 bits per heavy atom. The lowest BCUT2D eigenvalue weighted by Gasteiger charge is -2.14. The van der Waals surface area contributed by atoms with E-state index in [1.165, 1.54) is 12.1 Å². The fraction of sp³-hybridized carbons (Fsp3) is 0.290. The number of nitrogens with two attached hydrogens (primary N) is 2. The Bertz CT molecular complexity index is 1530. The molecule has 4 N–H and O–H groups in total. The number of amides is 1. The van der Waals surface area contributed by atoms with Gasteiger partial charge < -0.3 is 34.8 Å². The SMILES string of the molecule is COCCCOC(=O)Cc1ccc(C(N)=O)cc1OCc1cc(-c2cccc(CN)c2F)c2oc(COC)cc2c1. The van der Waals surface area contributed by atoms with Gasteiger partial charge in [0.15, 0.2) is 0 Å². The smallest absolute Gasteiger partial charge is 0.310 e. The average molecular weight is 565 g/mol. The summed E-state index contributed by atoms with van der Waals surface area (Å²) in [6, 6.07) is 15.2. The van der Waals surface area contributed by atoms with E-state index in [1.54, 1.807) is 44.6 Å². The number of ether oxygens (including phenoxy) is 4. The minimum absolute atomic E-state index is 0.0457. The van der Waals surface area contributed by atoms with Gasteiger partial charge in [-0.1, -0.05) is 24.3 Å². The van der Waals surface area contributed by atoms with Crippen molar-refractivity contribution in [1.29, 1.82) is 0 Å². The lowest BCUT2D eigenvalue weighted by molar-refractivity contribution is -0.143. The van der Waals surface area contributed by atoms with Crippen LogP contribution in [0.4, 0.5) is 4.39 Å². The Morgan fingerprint density at radius 2 is 1.76 bits per heavy atom. The summed E-state index contributed by atoms with van der Waals surface area (Å²) in [5, 5.41) is 0.733. The Morgan fingerprint density at radius 1 is 0.927 bits per heavy atom. The number of rotatable bonds is 14. The van der Waals surface area contributed by atoms with Crippen molar-refractivity contribution in [2.24, 2.45) is 11.5 Å². The molecular formula is C31H33FN2O7. The maximum atomic E-state index is 15.4. The Kier molecular flexibility index (Phi) is 10.1. The van der Waals surface area contributed by atoms with Crippen LogP contribution in [0.15, 0.2) is 59.0 Å². The molecule has 0 bridgehead atoms. The zero-order valence-corrected chi connectivity index (χ0v) is 23.0. The van der Waals surface area contributed by atoms with Crippen LogP contribution in [-0.2, 0) is 45.2 Å². The van der Waals surface area contributed by atoms with Gasteiger partial charge in [-0.05, 0) is 35.9 Å². The van der Waals surface area contributed by atoms with Crippen LogP contribution in [-0.4, -0.2) is 39.3 Å². The second kappa shape index (κ2) is 13.9. The molecule has 10 heteroatoms. The van der Waals surface area contributed by atoms with Crippen molar-refractivity contribution in [3.05, 3.63) is 88.4 Å². The van der Waals surface area contributed by atoms with Crippen molar-refractivity contribution in [1.82, 2.24) is 0 Å². The lowest BCUT2D eigenvalue weighted by atomic mass is 9.98. The number of fused-ring (bicyclic) bond motifs is 1. The van der Waals surface area contributed by atoms with Gasteiger partial charge >= 0.3 is 5.97 Å². The predicted molar refractivity (Wildman–Crippen MR) is 151 cm³/mol. The monoisotopic (exact) mass is 564 g/mol. The number of benzene rings is 3. The van der Waals surface area contributed by atoms with E-state index < -0.39 is 17.7 Å². The van der Waals surface area contributed by atoms with Crippen LogP contribution in [0.2, 0.25) is 0 Å². The van der Waals surface area contributed by atoms with Crippen LogP contribution in [0.3, 0.4) is 0 Å². The van der Waals surface area contributed by atoms with Crippen LogP contribution in [0.1, 0.15) is 39.2 Å². The van der Waals surface area contributed by atoms with Gasteiger partial charge in [-0.3, -0.25) is 9.59 Å². The molecule has 0 saturated carbocycles. The second-order valence-corrected chi connectivity index (χ2v) is 9.41. The van der Waals surface area contributed by atoms with Gasteiger partial charge in [-0.15, -0.1) is 0 Å². The number of esters is 1. The highest BCUT2D eigenvalue weighted by Crippen LogP contribution is 2.35. The molecule has 3 aromatic carbocycles. The molecule has 0 radical (unpaired) electrons. The summed E-state index contributed by atoms with van der Waals surface area (Å²) >= 11 is 0. The van der Waals surface area contributed by atoms with Gasteiger partial charge in [-0.2, -0.15) is 0 Å². The topological polar surface area (TPSA) is 136 Å². The molecule has 1 aromatic heterocycles. The number of primary amides is 1. The average Bonchev–Trinajstić information content (AvgIpc) is 3.37. The van der Waals surface area contributed by atoms with Gasteiger partial charge in [0.05, 0.1) is 13.0 Å². The third kappa shape index (κ3) is 7.29. The predicted octanol–water partition coefficient (Wildman–Crippen LogP) is 4.64. The molecule has 0 aliphatic heterocycles. The van der Waals surface area contributed by atoms with Crippen molar-refractivity contribution in [2.75, 3.05) is 27.4 Å². The first-order valence-corrected chi connectivity index (χ1v) is 13.1. The number of methoxy groups -OCH3 is 2. The van der Waals surface area contributed by atoms with Gasteiger partial charge in [0, 0.05) is 67.0 Å². The van der Waals surface area contributed by atoms with E-state index in [4.69, 9.17) is 34.8 Å². The molecule has 0 aliphatic rings. The van der Waals surface area contributed by atoms with Crippen molar-refractivity contribution >= 4 is 22.8 Å². The normalized spacial score (nSPS) is 11.1. The minimum Gasteiger partial charge on any atom is -0.489 e. The standard InChI is InChI=1S/C31H33FN2O7/c1-37-9-4-10-39-28(35)15-20-7-8-21(31(34)36)14-27(20)40-17-19-11-23-13-24(18-38-2)41-30(23)26(12-19)25-6-3-5-22(16-33)29(25)32/h3,5-8,11-14H,4,9-10,15-18,33H2,1-2H3,(H2,34,36). The van der Waals surface area contributed by atoms with Crippen LogP contribution < -0.4 is 16.2 Å². The van der Waals surface area contributed by atoms with Crippen molar-refractivity contribution in [3.8, 4) is 16.9 Å². The molecule has 0 aliphatic carbocycles. The zero-order chi connectivity index (χ0) is 29.4. The number of halogens is 1. The first-order chi connectivity index (χ1) is 19.8. The molecule has 9 nitrogen and oxygen atoms in total. The first kappa shape index (κ1) is 29.7. The molecule has 41 heavy (non-hydrogen) atoms. The van der Waals surface area contributed by atoms with E-state index in [1.807, 2.05) is 12.1 Å². The molecule has 1 amide bonds. The number of hydrogen-bond acceptors (Lipinski definition) is 8. The molecule has 0 saturated heterocycles. The van der Waals surface area contributed by atoms with Crippen molar-refractivity contribution in [2.45, 2.75) is 32.6 Å². The Balaban J connectivity index is 1.66. The van der Waals surface area contributed by atoms with Gasteiger partial charge in [0.1, 0.15) is 36.1 Å². The maximum absolute atomic E-state index is 15.4. The molecule has 0 fully saturated rings. The van der Waals surface area contributed by atoms with Gasteiger partial charge in [-0.25, -0.2) is 4.39 Å². The summed E-state index contributed by atoms with van der Waals surface area (Å²) < 4.78 is 43.0. The fourth-order valence-corrected chi connectivity index (χ4v) is 4.46. The van der Waals surface area contributed by atoms with Gasteiger partial charge in [0.25, 0.3) is 0 Å². The van der Waals surface area contributed by atoms with Crippen molar-refractivity contribution < 1.29 is 37.3 Å². The first-order valence-electron chi connectivity index (χ1n) is 13.1. The molecule has 4 rings (SSSR count). The molecule has 0 atom stereocenters. The molecule has 1 heterocycles. The summed E-state index contributed by atoms with van der Waals surface area (Å²) in [5.74, 6) is -0.620. The van der Waals surface area contributed by atoms with Crippen LogP contribution in [0.25, 0.3) is 22.1 Å². The maximum Gasteiger partial charge on any atom is 0.310 e. The third-order valence-electron chi connectivity index (χ3n) is 6.44.